The maximum Gasteiger partial charge on any atom is 0.491 e. The third-order valence-electron chi connectivity index (χ3n) is 2.75. The fourth-order valence-electron chi connectivity index (χ4n) is 1.67. The van der Waals surface area contributed by atoms with Crippen molar-refractivity contribution in [2.75, 3.05) is 12.4 Å². The fraction of sp³-hybridized carbons (Fsp3) is 0.0769. The van der Waals surface area contributed by atoms with E-state index in [4.69, 9.17) is 14.8 Å². The predicted octanol–water partition coefficient (Wildman–Crippen LogP) is 0.161. The molecule has 1 aromatic heterocycles. The number of anilines is 1. The number of rotatable bonds is 4. The molecule has 6 nitrogen and oxygen atoms in total. The van der Waals surface area contributed by atoms with E-state index < -0.39 is 18.8 Å². The lowest BCUT2D eigenvalue weighted by Crippen LogP contribution is -2.33. The van der Waals surface area contributed by atoms with Crippen molar-refractivity contribution in [2.24, 2.45) is 0 Å². The molecule has 0 aliphatic rings. The summed E-state index contributed by atoms with van der Waals surface area (Å²) in [5.74, 6) is -0.679. The minimum atomic E-state index is -1.93. The molecule has 0 radical (unpaired) electrons. The number of carbonyl (C=O) groups is 1. The standard InChI is InChI=1S/C13H12BFN2O4/c1-21-9-4-5-16-12(7-9)17-13(18)8-2-3-10(14(19)20)11(15)6-8/h2-7,19-20H,1H3,(H,16,17,18). The maximum atomic E-state index is 13.6. The van der Waals surface area contributed by atoms with Gasteiger partial charge in [0.1, 0.15) is 17.4 Å². The van der Waals surface area contributed by atoms with E-state index in [-0.39, 0.29) is 16.8 Å². The van der Waals surface area contributed by atoms with Gasteiger partial charge in [-0.25, -0.2) is 9.37 Å². The quantitative estimate of drug-likeness (QED) is 0.698. The lowest BCUT2D eigenvalue weighted by Gasteiger charge is -2.07. The summed E-state index contributed by atoms with van der Waals surface area (Å²) < 4.78 is 18.6. The Labute approximate surface area is 120 Å². The van der Waals surface area contributed by atoms with Gasteiger partial charge >= 0.3 is 7.12 Å². The van der Waals surface area contributed by atoms with Gasteiger partial charge in [-0.2, -0.15) is 0 Å². The zero-order valence-electron chi connectivity index (χ0n) is 11.1. The van der Waals surface area contributed by atoms with Crippen LogP contribution in [0.25, 0.3) is 0 Å². The number of nitrogens with zero attached hydrogens (tertiary/aromatic N) is 1. The van der Waals surface area contributed by atoms with Gasteiger partial charge in [-0.1, -0.05) is 6.07 Å². The molecule has 21 heavy (non-hydrogen) atoms. The number of benzene rings is 1. The number of amides is 1. The molecule has 0 spiro atoms. The molecule has 0 unspecified atom stereocenters. The summed E-state index contributed by atoms with van der Waals surface area (Å²) in [5, 5.41) is 20.3. The zero-order valence-corrected chi connectivity index (χ0v) is 11.1. The normalized spacial score (nSPS) is 10.1. The SMILES string of the molecule is COc1ccnc(NC(=O)c2ccc(B(O)O)c(F)c2)c1. The summed E-state index contributed by atoms with van der Waals surface area (Å²) in [6, 6.07) is 6.47. The summed E-state index contributed by atoms with van der Waals surface area (Å²) in [5.41, 5.74) is -0.271. The van der Waals surface area contributed by atoms with Gasteiger partial charge in [0.2, 0.25) is 0 Å². The Morgan fingerprint density at radius 1 is 1.33 bits per heavy atom. The van der Waals surface area contributed by atoms with E-state index in [0.717, 1.165) is 12.1 Å². The first-order valence-electron chi connectivity index (χ1n) is 5.98. The van der Waals surface area contributed by atoms with E-state index in [0.29, 0.717) is 5.75 Å². The summed E-state index contributed by atoms with van der Waals surface area (Å²) in [6.45, 7) is 0. The molecule has 0 atom stereocenters. The second kappa shape index (κ2) is 6.34. The second-order valence-electron chi connectivity index (χ2n) is 4.14. The summed E-state index contributed by atoms with van der Waals surface area (Å²) in [6.07, 6.45) is 1.46. The number of pyridine rings is 1. The number of hydrogen-bond donors (Lipinski definition) is 3. The Bertz CT molecular complexity index is 666. The van der Waals surface area contributed by atoms with Crippen molar-refractivity contribution in [1.29, 1.82) is 0 Å². The molecule has 108 valence electrons. The molecule has 1 amide bonds. The average molecular weight is 290 g/mol. The van der Waals surface area contributed by atoms with Crippen LogP contribution in [0, 0.1) is 5.82 Å². The monoisotopic (exact) mass is 290 g/mol. The van der Waals surface area contributed by atoms with Crippen molar-refractivity contribution in [3.8, 4) is 5.75 Å². The van der Waals surface area contributed by atoms with Crippen LogP contribution in [0.15, 0.2) is 36.5 Å². The summed E-state index contributed by atoms with van der Waals surface area (Å²) >= 11 is 0. The van der Waals surface area contributed by atoms with Crippen molar-refractivity contribution >= 4 is 24.3 Å². The van der Waals surface area contributed by atoms with Crippen LogP contribution >= 0.6 is 0 Å². The van der Waals surface area contributed by atoms with Gasteiger partial charge in [0.15, 0.2) is 0 Å². The highest BCUT2D eigenvalue weighted by Crippen LogP contribution is 2.14. The van der Waals surface area contributed by atoms with Crippen LogP contribution in [0.5, 0.6) is 5.75 Å². The third-order valence-corrected chi connectivity index (χ3v) is 2.75. The lowest BCUT2D eigenvalue weighted by atomic mass is 9.79. The number of nitrogens with one attached hydrogen (secondary N) is 1. The number of aromatic nitrogens is 1. The van der Waals surface area contributed by atoms with Crippen molar-refractivity contribution < 1.29 is 24.0 Å². The first kappa shape index (κ1) is 15.0. The van der Waals surface area contributed by atoms with E-state index >= 15 is 0 Å². The van der Waals surface area contributed by atoms with Crippen LogP contribution in [0.1, 0.15) is 10.4 Å². The van der Waals surface area contributed by atoms with Crippen molar-refractivity contribution in [3.63, 3.8) is 0 Å². The average Bonchev–Trinajstić information content (AvgIpc) is 2.46. The first-order valence-corrected chi connectivity index (χ1v) is 5.98. The number of hydrogen-bond acceptors (Lipinski definition) is 5. The molecule has 2 rings (SSSR count). The topological polar surface area (TPSA) is 91.7 Å². The molecule has 0 aliphatic heterocycles. The van der Waals surface area contributed by atoms with Gasteiger partial charge in [0, 0.05) is 23.3 Å². The van der Waals surface area contributed by atoms with E-state index in [1.165, 1.54) is 25.4 Å². The number of ether oxygens (including phenoxy) is 1. The van der Waals surface area contributed by atoms with Gasteiger partial charge < -0.3 is 20.1 Å². The van der Waals surface area contributed by atoms with Crippen molar-refractivity contribution in [3.05, 3.63) is 47.9 Å². The third kappa shape index (κ3) is 3.56. The van der Waals surface area contributed by atoms with Gasteiger partial charge in [-0.15, -0.1) is 0 Å². The first-order chi connectivity index (χ1) is 10.0. The molecule has 0 aliphatic carbocycles. The highest BCUT2D eigenvalue weighted by atomic mass is 19.1. The predicted molar refractivity (Wildman–Crippen MR) is 75.0 cm³/mol. The largest absolute Gasteiger partial charge is 0.497 e. The van der Waals surface area contributed by atoms with E-state index in [9.17, 15) is 9.18 Å². The molecule has 0 saturated heterocycles. The van der Waals surface area contributed by atoms with Gasteiger partial charge in [-0.05, 0) is 18.2 Å². The van der Waals surface area contributed by atoms with E-state index in [1.807, 2.05) is 0 Å². The molecule has 0 fully saturated rings. The molecule has 3 N–H and O–H groups in total. The fourth-order valence-corrected chi connectivity index (χ4v) is 1.67. The molecular formula is C13H12BFN2O4. The van der Waals surface area contributed by atoms with E-state index in [2.05, 4.69) is 10.3 Å². The summed E-state index contributed by atoms with van der Waals surface area (Å²) in [7, 11) is -0.447. The highest BCUT2D eigenvalue weighted by molar-refractivity contribution is 6.58. The van der Waals surface area contributed by atoms with Crippen LogP contribution in [0.3, 0.4) is 0 Å². The van der Waals surface area contributed by atoms with Crippen LogP contribution in [-0.2, 0) is 0 Å². The molecule has 2 aromatic rings. The molecule has 0 bridgehead atoms. The zero-order chi connectivity index (χ0) is 15.4. The van der Waals surface area contributed by atoms with Crippen molar-refractivity contribution in [1.82, 2.24) is 4.98 Å². The second-order valence-corrected chi connectivity index (χ2v) is 4.14. The minimum Gasteiger partial charge on any atom is -0.497 e. The minimum absolute atomic E-state index is 0.0292. The van der Waals surface area contributed by atoms with Crippen LogP contribution in [-0.4, -0.2) is 35.2 Å². The number of carbonyl (C=O) groups excluding carboxylic acids is 1. The summed E-state index contributed by atoms with van der Waals surface area (Å²) in [4.78, 5) is 15.9. The molecular weight excluding hydrogens is 278 g/mol. The Morgan fingerprint density at radius 2 is 2.10 bits per heavy atom. The molecule has 1 heterocycles. The Morgan fingerprint density at radius 3 is 2.71 bits per heavy atom. The lowest BCUT2D eigenvalue weighted by molar-refractivity contribution is 0.102. The molecule has 8 heteroatoms. The Balaban J connectivity index is 2.18. The van der Waals surface area contributed by atoms with Crippen LogP contribution < -0.4 is 15.5 Å². The van der Waals surface area contributed by atoms with Gasteiger partial charge in [-0.3, -0.25) is 4.79 Å². The number of methoxy groups -OCH3 is 1. The van der Waals surface area contributed by atoms with Gasteiger partial charge in [0.05, 0.1) is 7.11 Å². The molecule has 1 aromatic carbocycles. The van der Waals surface area contributed by atoms with E-state index in [1.54, 1.807) is 6.07 Å². The van der Waals surface area contributed by atoms with Crippen LogP contribution in [0.2, 0.25) is 0 Å². The smallest absolute Gasteiger partial charge is 0.491 e. The Kier molecular flexibility index (Phi) is 4.51. The molecule has 0 saturated carbocycles. The van der Waals surface area contributed by atoms with Gasteiger partial charge in [0.25, 0.3) is 5.91 Å². The Hall–Kier alpha value is -2.45. The highest BCUT2D eigenvalue weighted by Gasteiger charge is 2.18. The van der Waals surface area contributed by atoms with Crippen LogP contribution in [0.4, 0.5) is 10.2 Å². The van der Waals surface area contributed by atoms with Crippen molar-refractivity contribution in [2.45, 2.75) is 0 Å². The number of halogens is 1. The maximum absolute atomic E-state index is 13.6.